The molecule has 130 valence electrons. The number of alkyl halides is 3. The summed E-state index contributed by atoms with van der Waals surface area (Å²) >= 11 is 0. The second-order valence-electron chi connectivity index (χ2n) is 6.22. The smallest absolute Gasteiger partial charge is 0.330 e. The van der Waals surface area contributed by atoms with Gasteiger partial charge in [-0.2, -0.15) is 13.2 Å². The van der Waals surface area contributed by atoms with Crippen LogP contribution in [0.15, 0.2) is 29.2 Å². The van der Waals surface area contributed by atoms with E-state index in [0.29, 0.717) is 29.4 Å². The number of sulfonamides is 1. The fourth-order valence-corrected chi connectivity index (χ4v) is 3.29. The Bertz CT molecular complexity index is 635. The number of rotatable bonds is 7. The zero-order valence-corrected chi connectivity index (χ0v) is 13.9. The van der Waals surface area contributed by atoms with Crippen LogP contribution in [0.4, 0.5) is 13.2 Å². The summed E-state index contributed by atoms with van der Waals surface area (Å²) < 4.78 is 64.8. The second-order valence-corrected chi connectivity index (χ2v) is 7.93. The number of carbonyl (C=O) groups is 1. The van der Waals surface area contributed by atoms with Crippen LogP contribution < -0.4 is 4.72 Å². The van der Waals surface area contributed by atoms with Crippen molar-refractivity contribution in [1.82, 2.24) is 4.72 Å². The largest absolute Gasteiger partial charge is 0.416 e. The van der Waals surface area contributed by atoms with Crippen molar-refractivity contribution in [3.8, 4) is 0 Å². The number of likely N-dealkylation sites (N-methyl/N-ethyl adjacent to an activating group) is 1. The van der Waals surface area contributed by atoms with Gasteiger partial charge in [0.25, 0.3) is 0 Å². The van der Waals surface area contributed by atoms with Gasteiger partial charge >= 0.3 is 6.18 Å². The van der Waals surface area contributed by atoms with Crippen molar-refractivity contribution in [2.75, 3.05) is 27.7 Å². The van der Waals surface area contributed by atoms with Crippen molar-refractivity contribution < 1.29 is 30.9 Å². The summed E-state index contributed by atoms with van der Waals surface area (Å²) in [5.74, 6) is 0. The summed E-state index contributed by atoms with van der Waals surface area (Å²) in [5, 5.41) is 0. The Kier molecular flexibility index (Phi) is 5.95. The molecule has 0 aliphatic rings. The van der Waals surface area contributed by atoms with Gasteiger partial charge in [0.05, 0.1) is 44.2 Å². The maximum atomic E-state index is 12.5. The molecular formula is C14H20F3N2O3S+. The molecule has 5 nitrogen and oxygen atoms in total. The topological polar surface area (TPSA) is 63.2 Å². The first-order valence-corrected chi connectivity index (χ1v) is 8.27. The van der Waals surface area contributed by atoms with E-state index in [2.05, 4.69) is 4.72 Å². The highest BCUT2D eigenvalue weighted by atomic mass is 32.2. The van der Waals surface area contributed by atoms with E-state index in [1.54, 1.807) is 0 Å². The van der Waals surface area contributed by atoms with Crippen LogP contribution in [0.1, 0.15) is 12.0 Å². The fraction of sp³-hybridized carbons (Fsp3) is 0.500. The molecule has 0 aliphatic heterocycles. The molecule has 1 atom stereocenters. The molecule has 1 aromatic carbocycles. The summed E-state index contributed by atoms with van der Waals surface area (Å²) in [7, 11) is 1.51. The number of nitrogens with zero attached hydrogens (tertiary/aromatic N) is 1. The lowest BCUT2D eigenvalue weighted by Gasteiger charge is -2.28. The van der Waals surface area contributed by atoms with Crippen molar-refractivity contribution in [1.29, 1.82) is 0 Å². The SMILES string of the molecule is C[N+](C)(C)C[C@@H](CC=O)NS(=O)(=O)c1ccc(C(F)(F)F)cc1. The molecule has 0 amide bonds. The molecule has 0 unspecified atom stereocenters. The Balaban J connectivity index is 2.98. The number of halogens is 3. The van der Waals surface area contributed by atoms with E-state index >= 15 is 0 Å². The normalized spacial score (nSPS) is 14.5. The van der Waals surface area contributed by atoms with E-state index in [1.807, 2.05) is 21.1 Å². The van der Waals surface area contributed by atoms with E-state index in [-0.39, 0.29) is 11.3 Å². The molecular weight excluding hydrogens is 333 g/mol. The van der Waals surface area contributed by atoms with Gasteiger partial charge in [-0.25, -0.2) is 13.1 Å². The first-order chi connectivity index (χ1) is 10.3. The van der Waals surface area contributed by atoms with Crippen molar-refractivity contribution in [3.05, 3.63) is 29.8 Å². The fourth-order valence-electron chi connectivity index (χ4n) is 2.05. The predicted molar refractivity (Wildman–Crippen MR) is 79.1 cm³/mol. The summed E-state index contributed by atoms with van der Waals surface area (Å²) in [5.41, 5.74) is -0.924. The zero-order chi connectivity index (χ0) is 17.9. The van der Waals surface area contributed by atoms with Crippen molar-refractivity contribution in [3.63, 3.8) is 0 Å². The molecule has 0 spiro atoms. The summed E-state index contributed by atoms with van der Waals surface area (Å²) in [4.78, 5) is 10.4. The van der Waals surface area contributed by atoms with Crippen LogP contribution in [0.3, 0.4) is 0 Å². The number of benzene rings is 1. The first kappa shape index (κ1) is 19.6. The second kappa shape index (κ2) is 6.98. The Morgan fingerprint density at radius 1 is 1.17 bits per heavy atom. The minimum Gasteiger partial charge on any atom is -0.330 e. The van der Waals surface area contributed by atoms with E-state index < -0.39 is 27.8 Å². The average Bonchev–Trinajstić information content (AvgIpc) is 2.35. The molecule has 0 heterocycles. The van der Waals surface area contributed by atoms with Gasteiger partial charge in [-0.15, -0.1) is 0 Å². The molecule has 0 saturated carbocycles. The number of aldehydes is 1. The van der Waals surface area contributed by atoms with Crippen LogP contribution in [-0.2, 0) is 21.0 Å². The number of nitrogens with one attached hydrogen (secondary N) is 1. The third kappa shape index (κ3) is 6.28. The van der Waals surface area contributed by atoms with Gasteiger partial charge in [-0.1, -0.05) is 0 Å². The molecule has 0 bridgehead atoms. The van der Waals surface area contributed by atoms with E-state index in [4.69, 9.17) is 0 Å². The Hall–Kier alpha value is -1.45. The Morgan fingerprint density at radius 3 is 2.09 bits per heavy atom. The minimum absolute atomic E-state index is 0.0185. The lowest BCUT2D eigenvalue weighted by atomic mass is 10.2. The van der Waals surface area contributed by atoms with Crippen LogP contribution >= 0.6 is 0 Å². The molecule has 1 aromatic rings. The first-order valence-electron chi connectivity index (χ1n) is 6.79. The summed E-state index contributed by atoms with van der Waals surface area (Å²) in [6, 6.07) is 2.58. The van der Waals surface area contributed by atoms with Gasteiger partial charge in [-0.3, -0.25) is 0 Å². The van der Waals surface area contributed by atoms with Crippen LogP contribution in [0.25, 0.3) is 0 Å². The Labute approximate surface area is 133 Å². The molecule has 0 aliphatic carbocycles. The van der Waals surface area contributed by atoms with Crippen LogP contribution in [0, 0.1) is 0 Å². The molecule has 1 N–H and O–H groups in total. The lowest BCUT2D eigenvalue weighted by Crippen LogP contribution is -2.48. The van der Waals surface area contributed by atoms with Crippen LogP contribution in [0.2, 0.25) is 0 Å². The van der Waals surface area contributed by atoms with E-state index in [1.165, 1.54) is 0 Å². The average molecular weight is 353 g/mol. The van der Waals surface area contributed by atoms with Gasteiger partial charge in [0.15, 0.2) is 0 Å². The number of hydrogen-bond donors (Lipinski definition) is 1. The highest BCUT2D eigenvalue weighted by Crippen LogP contribution is 2.29. The third-order valence-electron chi connectivity index (χ3n) is 2.96. The quantitative estimate of drug-likeness (QED) is 0.599. The molecule has 9 heteroatoms. The third-order valence-corrected chi connectivity index (χ3v) is 4.50. The van der Waals surface area contributed by atoms with Gasteiger partial charge in [0, 0.05) is 6.42 Å². The van der Waals surface area contributed by atoms with E-state index in [0.717, 1.165) is 12.1 Å². The van der Waals surface area contributed by atoms with Crippen LogP contribution in [0.5, 0.6) is 0 Å². The predicted octanol–water partition coefficient (Wildman–Crippen LogP) is 1.65. The summed E-state index contributed by atoms with van der Waals surface area (Å²) in [6.07, 6.45) is -3.94. The lowest BCUT2D eigenvalue weighted by molar-refractivity contribution is -0.871. The molecule has 0 fully saturated rings. The number of carbonyl (C=O) groups excluding carboxylic acids is 1. The van der Waals surface area contributed by atoms with Crippen molar-refractivity contribution in [2.24, 2.45) is 0 Å². The van der Waals surface area contributed by atoms with E-state index in [9.17, 15) is 26.4 Å². The standard InChI is InChI=1S/C14H20F3N2O3S/c1-19(2,3)10-12(8-9-20)18-23(21,22)13-6-4-11(5-7-13)14(15,16)17/h4-7,9,12,18H,8,10H2,1-3H3/q+1/t12-/m1/s1. The molecule has 23 heavy (non-hydrogen) atoms. The number of hydrogen-bond acceptors (Lipinski definition) is 3. The zero-order valence-electron chi connectivity index (χ0n) is 13.1. The maximum absolute atomic E-state index is 12.5. The van der Waals surface area contributed by atoms with Crippen molar-refractivity contribution >= 4 is 16.3 Å². The van der Waals surface area contributed by atoms with Crippen molar-refractivity contribution in [2.45, 2.75) is 23.5 Å². The molecule has 0 radical (unpaired) electrons. The molecule has 1 rings (SSSR count). The highest BCUT2D eigenvalue weighted by molar-refractivity contribution is 7.89. The Morgan fingerprint density at radius 2 is 1.70 bits per heavy atom. The summed E-state index contributed by atoms with van der Waals surface area (Å²) in [6.45, 7) is 0.360. The van der Waals surface area contributed by atoms with Gasteiger partial charge < -0.3 is 9.28 Å². The molecule has 0 aromatic heterocycles. The van der Waals surface area contributed by atoms with Gasteiger partial charge in [0.1, 0.15) is 6.29 Å². The van der Waals surface area contributed by atoms with Gasteiger partial charge in [0.2, 0.25) is 10.0 Å². The number of quaternary nitrogens is 1. The highest BCUT2D eigenvalue weighted by Gasteiger charge is 2.31. The van der Waals surface area contributed by atoms with Crippen LogP contribution in [-0.4, -0.2) is 52.9 Å². The van der Waals surface area contributed by atoms with Gasteiger partial charge in [-0.05, 0) is 24.3 Å². The minimum atomic E-state index is -4.53. The maximum Gasteiger partial charge on any atom is 0.416 e. The molecule has 0 saturated heterocycles. The monoisotopic (exact) mass is 353 g/mol.